The number of fused-ring (bicyclic) bond motifs is 1. The molecule has 0 aliphatic carbocycles. The van der Waals surface area contributed by atoms with Crippen LogP contribution < -0.4 is 10.1 Å². The van der Waals surface area contributed by atoms with Gasteiger partial charge >= 0.3 is 0 Å². The molecule has 2 aromatic heterocycles. The summed E-state index contributed by atoms with van der Waals surface area (Å²) in [4.78, 5) is 19.4. The molecule has 0 atom stereocenters. The van der Waals surface area contributed by atoms with Gasteiger partial charge in [-0.15, -0.1) is 0 Å². The number of methoxy groups -OCH3 is 1. The Balaban J connectivity index is 1.51. The summed E-state index contributed by atoms with van der Waals surface area (Å²) in [6.45, 7) is 0. The van der Waals surface area contributed by atoms with Crippen LogP contribution in [-0.2, 0) is 4.79 Å². The molecule has 0 aliphatic heterocycles. The van der Waals surface area contributed by atoms with Crippen molar-refractivity contribution in [3.8, 4) is 17.1 Å². The number of nitrogens with zero attached hydrogens (tertiary/aromatic N) is 1. The molecule has 4 aromatic rings. The van der Waals surface area contributed by atoms with E-state index in [1.807, 2.05) is 36.5 Å². The van der Waals surface area contributed by atoms with E-state index >= 15 is 0 Å². The Kier molecular flexibility index (Phi) is 4.45. The fourth-order valence-electron chi connectivity index (χ4n) is 2.90. The summed E-state index contributed by atoms with van der Waals surface area (Å²) in [5, 5.41) is 3.91. The minimum absolute atomic E-state index is 0.227. The number of H-pyrrole nitrogens is 1. The van der Waals surface area contributed by atoms with E-state index in [4.69, 9.17) is 9.15 Å². The van der Waals surface area contributed by atoms with Crippen LogP contribution in [0, 0.1) is 0 Å². The second-order valence-electron chi connectivity index (χ2n) is 5.89. The smallest absolute Gasteiger partial charge is 0.248 e. The Hall–Kier alpha value is -3.80. The van der Waals surface area contributed by atoms with Crippen molar-refractivity contribution in [2.75, 3.05) is 12.4 Å². The third kappa shape index (κ3) is 3.46. The number of aromatic nitrogens is 2. The van der Waals surface area contributed by atoms with Gasteiger partial charge in [0.2, 0.25) is 5.91 Å². The van der Waals surface area contributed by atoms with Gasteiger partial charge in [0, 0.05) is 34.9 Å². The molecule has 4 rings (SSSR count). The highest BCUT2D eigenvalue weighted by atomic mass is 16.5. The fourth-order valence-corrected chi connectivity index (χ4v) is 2.90. The summed E-state index contributed by atoms with van der Waals surface area (Å²) in [5.74, 6) is 0.962. The summed E-state index contributed by atoms with van der Waals surface area (Å²) >= 11 is 0. The maximum Gasteiger partial charge on any atom is 0.248 e. The average Bonchev–Trinajstić information content (AvgIpc) is 3.36. The zero-order chi connectivity index (χ0) is 18.6. The first-order valence-corrected chi connectivity index (χ1v) is 8.36. The van der Waals surface area contributed by atoms with Crippen LogP contribution in [0.1, 0.15) is 5.56 Å². The number of para-hydroxylation sites is 1. The van der Waals surface area contributed by atoms with Crippen LogP contribution in [0.25, 0.3) is 28.3 Å². The number of oxazole rings is 1. The molecule has 0 aliphatic rings. The van der Waals surface area contributed by atoms with Gasteiger partial charge in [0.15, 0.2) is 12.2 Å². The zero-order valence-electron chi connectivity index (χ0n) is 14.6. The lowest BCUT2D eigenvalue weighted by molar-refractivity contribution is -0.111. The Bertz CT molecular complexity index is 1110. The van der Waals surface area contributed by atoms with E-state index in [-0.39, 0.29) is 5.91 Å². The van der Waals surface area contributed by atoms with Crippen molar-refractivity contribution in [2.45, 2.75) is 0 Å². The first-order valence-electron chi connectivity index (χ1n) is 8.36. The average molecular weight is 359 g/mol. The Morgan fingerprint density at radius 1 is 1.26 bits per heavy atom. The number of rotatable bonds is 5. The minimum atomic E-state index is -0.227. The Labute approximate surface area is 155 Å². The van der Waals surface area contributed by atoms with Crippen LogP contribution in [0.3, 0.4) is 0 Å². The maximum atomic E-state index is 12.3. The first-order chi connectivity index (χ1) is 13.2. The quantitative estimate of drug-likeness (QED) is 0.515. The van der Waals surface area contributed by atoms with Gasteiger partial charge in [-0.1, -0.05) is 18.2 Å². The van der Waals surface area contributed by atoms with E-state index in [1.165, 1.54) is 12.5 Å². The van der Waals surface area contributed by atoms with Crippen molar-refractivity contribution < 1.29 is 13.9 Å². The Morgan fingerprint density at radius 2 is 2.15 bits per heavy atom. The number of carbonyl (C=O) groups excluding carboxylic acids is 1. The van der Waals surface area contributed by atoms with Crippen molar-refractivity contribution >= 4 is 28.6 Å². The Morgan fingerprint density at radius 3 is 2.96 bits per heavy atom. The highest BCUT2D eigenvalue weighted by Gasteiger charge is 2.10. The number of nitrogens with one attached hydrogen (secondary N) is 2. The molecule has 0 bridgehead atoms. The normalized spacial score (nSPS) is 11.1. The van der Waals surface area contributed by atoms with E-state index < -0.39 is 0 Å². The molecule has 134 valence electrons. The van der Waals surface area contributed by atoms with Crippen LogP contribution in [0.2, 0.25) is 0 Å². The molecule has 6 nitrogen and oxygen atoms in total. The monoisotopic (exact) mass is 359 g/mol. The van der Waals surface area contributed by atoms with Crippen molar-refractivity contribution in [3.05, 3.63) is 72.9 Å². The standard InChI is InChI=1S/C21H17N3O3/c1-26-19-10-15(7-8-17(19)20-12-22-13-27-20)24-21(25)9-6-14-11-23-18-5-3-2-4-16(14)18/h2-13,23H,1H3,(H,24,25)/b9-6+. The van der Waals surface area contributed by atoms with Gasteiger partial charge in [-0.05, 0) is 29.8 Å². The van der Waals surface area contributed by atoms with Gasteiger partial charge in [0.25, 0.3) is 0 Å². The summed E-state index contributed by atoms with van der Waals surface area (Å²) in [7, 11) is 1.57. The van der Waals surface area contributed by atoms with Crippen molar-refractivity contribution in [1.82, 2.24) is 9.97 Å². The van der Waals surface area contributed by atoms with E-state index in [0.717, 1.165) is 22.0 Å². The van der Waals surface area contributed by atoms with Gasteiger partial charge < -0.3 is 19.5 Å². The second-order valence-corrected chi connectivity index (χ2v) is 5.89. The number of ether oxygens (including phenoxy) is 1. The second kappa shape index (κ2) is 7.21. The summed E-state index contributed by atoms with van der Waals surface area (Å²) in [5.41, 5.74) is 3.38. The van der Waals surface area contributed by atoms with Gasteiger partial charge in [0.05, 0.1) is 18.9 Å². The lowest BCUT2D eigenvalue weighted by Crippen LogP contribution is -2.07. The number of anilines is 1. The molecule has 0 spiro atoms. The molecule has 0 radical (unpaired) electrons. The van der Waals surface area contributed by atoms with Gasteiger partial charge in [-0.3, -0.25) is 4.79 Å². The van der Waals surface area contributed by atoms with E-state index in [0.29, 0.717) is 17.2 Å². The number of benzene rings is 2. The molecule has 2 aromatic carbocycles. The molecule has 2 heterocycles. The van der Waals surface area contributed by atoms with Crippen LogP contribution >= 0.6 is 0 Å². The van der Waals surface area contributed by atoms with Crippen molar-refractivity contribution in [2.24, 2.45) is 0 Å². The third-order valence-corrected chi connectivity index (χ3v) is 4.20. The highest BCUT2D eigenvalue weighted by Crippen LogP contribution is 2.32. The molecule has 0 saturated heterocycles. The number of carbonyl (C=O) groups is 1. The van der Waals surface area contributed by atoms with Crippen LogP contribution in [0.15, 0.2) is 71.7 Å². The number of amides is 1. The molecule has 27 heavy (non-hydrogen) atoms. The third-order valence-electron chi connectivity index (χ3n) is 4.20. The lowest BCUT2D eigenvalue weighted by atomic mass is 10.1. The highest BCUT2D eigenvalue weighted by molar-refractivity contribution is 6.03. The molecule has 0 fully saturated rings. The van der Waals surface area contributed by atoms with Gasteiger partial charge in [-0.25, -0.2) is 4.98 Å². The SMILES string of the molecule is COc1cc(NC(=O)/C=C/c2c[nH]c3ccccc23)ccc1-c1cnco1. The maximum absolute atomic E-state index is 12.3. The zero-order valence-corrected chi connectivity index (χ0v) is 14.6. The molecule has 0 saturated carbocycles. The largest absolute Gasteiger partial charge is 0.496 e. The van der Waals surface area contributed by atoms with Gasteiger partial charge in [-0.2, -0.15) is 0 Å². The predicted molar refractivity (Wildman–Crippen MR) is 104 cm³/mol. The van der Waals surface area contributed by atoms with Crippen LogP contribution in [-0.4, -0.2) is 23.0 Å². The van der Waals surface area contributed by atoms with Gasteiger partial charge in [0.1, 0.15) is 5.75 Å². The molecule has 0 unspecified atom stereocenters. The molecular formula is C21H17N3O3. The van der Waals surface area contributed by atoms with E-state index in [1.54, 1.807) is 31.5 Å². The molecule has 2 N–H and O–H groups in total. The van der Waals surface area contributed by atoms with E-state index in [2.05, 4.69) is 15.3 Å². The van der Waals surface area contributed by atoms with E-state index in [9.17, 15) is 4.79 Å². The molecular weight excluding hydrogens is 342 g/mol. The molecule has 6 heteroatoms. The summed E-state index contributed by atoms with van der Waals surface area (Å²) in [6, 6.07) is 13.3. The van der Waals surface area contributed by atoms with Crippen molar-refractivity contribution in [1.29, 1.82) is 0 Å². The number of hydrogen-bond donors (Lipinski definition) is 2. The topological polar surface area (TPSA) is 80.1 Å². The summed E-state index contributed by atoms with van der Waals surface area (Å²) < 4.78 is 10.7. The van der Waals surface area contributed by atoms with Crippen molar-refractivity contribution in [3.63, 3.8) is 0 Å². The summed E-state index contributed by atoms with van der Waals surface area (Å²) in [6.07, 6.45) is 8.14. The van der Waals surface area contributed by atoms with Crippen LogP contribution in [0.4, 0.5) is 5.69 Å². The fraction of sp³-hybridized carbons (Fsp3) is 0.0476. The lowest BCUT2D eigenvalue weighted by Gasteiger charge is -2.09. The number of hydrogen-bond acceptors (Lipinski definition) is 4. The molecule has 1 amide bonds. The predicted octanol–water partition coefficient (Wildman–Crippen LogP) is 4.48. The van der Waals surface area contributed by atoms with Crippen LogP contribution in [0.5, 0.6) is 5.75 Å². The number of aromatic amines is 1. The first kappa shape index (κ1) is 16.7. The minimum Gasteiger partial charge on any atom is -0.496 e.